The zero-order valence-corrected chi connectivity index (χ0v) is 16.5. The van der Waals surface area contributed by atoms with Gasteiger partial charge < -0.3 is 15.5 Å². The molecule has 0 unspecified atom stereocenters. The highest BCUT2D eigenvalue weighted by Crippen LogP contribution is 2.24. The Morgan fingerprint density at radius 3 is 2.59 bits per heavy atom. The molecule has 0 saturated heterocycles. The second kappa shape index (κ2) is 8.91. The quantitative estimate of drug-likeness (QED) is 0.598. The van der Waals surface area contributed by atoms with Crippen LogP contribution in [0.15, 0.2) is 24.3 Å². The molecule has 1 atom stereocenters. The van der Waals surface area contributed by atoms with E-state index in [2.05, 4.69) is 11.4 Å². The van der Waals surface area contributed by atoms with Crippen LogP contribution in [0.1, 0.15) is 47.3 Å². The number of rotatable bonds is 9. The van der Waals surface area contributed by atoms with Crippen molar-refractivity contribution in [3.05, 3.63) is 56.8 Å². The van der Waals surface area contributed by atoms with Gasteiger partial charge in [-0.05, 0) is 63.4 Å². The summed E-state index contributed by atoms with van der Waals surface area (Å²) in [6.07, 6.45) is -0.614. The monoisotopic (exact) mass is 397 g/mol. The van der Waals surface area contributed by atoms with Gasteiger partial charge in [-0.2, -0.15) is 0 Å². The first-order valence-electron chi connectivity index (χ1n) is 8.75. The summed E-state index contributed by atoms with van der Waals surface area (Å²) in [6.45, 7) is 6.05. The van der Waals surface area contributed by atoms with Crippen molar-refractivity contribution in [3.8, 4) is 0 Å². The van der Waals surface area contributed by atoms with Gasteiger partial charge in [-0.1, -0.05) is 0 Å². The van der Waals surface area contributed by atoms with E-state index in [4.69, 9.17) is 5.11 Å². The van der Waals surface area contributed by atoms with Crippen molar-refractivity contribution < 1.29 is 23.8 Å². The molecular formula is C20H25F2NO3S. The van der Waals surface area contributed by atoms with Gasteiger partial charge in [-0.3, -0.25) is 4.79 Å². The number of aryl methyl sites for hydroxylation is 2. The molecule has 3 N–H and O–H groups in total. The first-order chi connectivity index (χ1) is 12.6. The van der Waals surface area contributed by atoms with Gasteiger partial charge in [0.05, 0.1) is 6.10 Å². The Labute approximate surface area is 161 Å². The zero-order valence-electron chi connectivity index (χ0n) is 15.7. The van der Waals surface area contributed by atoms with Crippen LogP contribution in [0.5, 0.6) is 0 Å². The summed E-state index contributed by atoms with van der Waals surface area (Å²) in [5, 5.41) is 22.3. The maximum absolute atomic E-state index is 14.1. The Kier molecular flexibility index (Phi) is 7.08. The van der Waals surface area contributed by atoms with Crippen LogP contribution in [0, 0.1) is 18.6 Å². The molecule has 2 aromatic rings. The number of aliphatic hydroxyl groups is 1. The van der Waals surface area contributed by atoms with Crippen molar-refractivity contribution in [1.29, 1.82) is 0 Å². The molecule has 2 rings (SSSR count). The Morgan fingerprint density at radius 1 is 1.30 bits per heavy atom. The number of aliphatic carboxylic acids is 1. The third-order valence-electron chi connectivity index (χ3n) is 4.29. The SMILES string of the molecule is Cc1ccc(CC(C)(C)NC[C@@H](O)c2cc(CCC(=O)O)cc(F)c2F)s1. The van der Waals surface area contributed by atoms with Gasteiger partial charge in [0, 0.05) is 33.8 Å². The molecule has 1 aromatic carbocycles. The van der Waals surface area contributed by atoms with Gasteiger partial charge in [-0.15, -0.1) is 11.3 Å². The molecule has 7 heteroatoms. The molecule has 148 valence electrons. The molecule has 27 heavy (non-hydrogen) atoms. The molecule has 0 radical (unpaired) electrons. The minimum Gasteiger partial charge on any atom is -0.481 e. The van der Waals surface area contributed by atoms with Crippen molar-refractivity contribution >= 4 is 17.3 Å². The van der Waals surface area contributed by atoms with E-state index in [-0.39, 0.29) is 30.5 Å². The van der Waals surface area contributed by atoms with Gasteiger partial charge in [0.2, 0.25) is 0 Å². The lowest BCUT2D eigenvalue weighted by Crippen LogP contribution is -2.43. The molecule has 0 spiro atoms. The van der Waals surface area contributed by atoms with Crippen LogP contribution in [0.25, 0.3) is 0 Å². The number of halogens is 2. The number of carboxylic acids is 1. The summed E-state index contributed by atoms with van der Waals surface area (Å²) in [4.78, 5) is 13.1. The van der Waals surface area contributed by atoms with E-state index in [1.807, 2.05) is 26.8 Å². The first kappa shape index (κ1) is 21.5. The van der Waals surface area contributed by atoms with Crippen LogP contribution in [0.2, 0.25) is 0 Å². The van der Waals surface area contributed by atoms with E-state index in [0.717, 1.165) is 12.5 Å². The second-order valence-corrected chi connectivity index (χ2v) is 8.72. The Balaban J connectivity index is 2.05. The highest BCUT2D eigenvalue weighted by Gasteiger charge is 2.23. The molecule has 4 nitrogen and oxygen atoms in total. The standard InChI is InChI=1S/C20H25F2NO3S/c1-12-4-6-14(27-12)10-20(2,3)23-11-17(24)15-8-13(5-7-18(25)26)9-16(21)19(15)22/h4,6,8-9,17,23-24H,5,7,10-11H2,1-3H3,(H,25,26)/t17-/m1/s1. The van der Waals surface area contributed by atoms with E-state index in [1.165, 1.54) is 15.8 Å². The van der Waals surface area contributed by atoms with Crippen LogP contribution in [0.4, 0.5) is 8.78 Å². The van der Waals surface area contributed by atoms with Crippen molar-refractivity contribution in [2.45, 2.75) is 51.7 Å². The van der Waals surface area contributed by atoms with Gasteiger partial charge in [0.15, 0.2) is 11.6 Å². The Morgan fingerprint density at radius 2 is 2.00 bits per heavy atom. The van der Waals surface area contributed by atoms with Gasteiger partial charge in [0.25, 0.3) is 0 Å². The van der Waals surface area contributed by atoms with Crippen LogP contribution < -0.4 is 5.32 Å². The largest absolute Gasteiger partial charge is 0.481 e. The summed E-state index contributed by atoms with van der Waals surface area (Å²) in [6, 6.07) is 6.42. The van der Waals surface area contributed by atoms with Crippen LogP contribution in [-0.2, 0) is 17.6 Å². The van der Waals surface area contributed by atoms with Gasteiger partial charge in [-0.25, -0.2) is 8.78 Å². The van der Waals surface area contributed by atoms with E-state index in [0.29, 0.717) is 5.56 Å². The molecule has 0 amide bonds. The van der Waals surface area contributed by atoms with E-state index < -0.39 is 23.7 Å². The predicted octanol–water partition coefficient (Wildman–Crippen LogP) is 4.00. The first-order valence-corrected chi connectivity index (χ1v) is 9.57. The van der Waals surface area contributed by atoms with Crippen LogP contribution in [0.3, 0.4) is 0 Å². The molecule has 0 bridgehead atoms. The van der Waals surface area contributed by atoms with Crippen molar-refractivity contribution in [1.82, 2.24) is 5.32 Å². The highest BCUT2D eigenvalue weighted by atomic mass is 32.1. The topological polar surface area (TPSA) is 69.6 Å². The molecule has 0 aliphatic heterocycles. The normalized spacial score (nSPS) is 13.0. The number of carboxylic acid groups (broad SMARTS) is 1. The average Bonchev–Trinajstić information content (AvgIpc) is 2.97. The summed E-state index contributed by atoms with van der Waals surface area (Å²) in [7, 11) is 0. The van der Waals surface area contributed by atoms with E-state index in [1.54, 1.807) is 11.3 Å². The minimum atomic E-state index is -1.24. The van der Waals surface area contributed by atoms with E-state index >= 15 is 0 Å². The number of hydrogen-bond acceptors (Lipinski definition) is 4. The van der Waals surface area contributed by atoms with Crippen molar-refractivity contribution in [3.63, 3.8) is 0 Å². The lowest BCUT2D eigenvalue weighted by atomic mass is 9.97. The summed E-state index contributed by atoms with van der Waals surface area (Å²) in [5.41, 5.74) is -0.155. The third kappa shape index (κ3) is 6.37. The summed E-state index contributed by atoms with van der Waals surface area (Å²) in [5.74, 6) is -3.20. The molecule has 0 aliphatic rings. The number of carbonyl (C=O) groups is 1. The number of β-amino-alcohol motifs (C(OH)–C–C–N with tert-alkyl or cyclic N) is 1. The van der Waals surface area contributed by atoms with Crippen molar-refractivity contribution in [2.24, 2.45) is 0 Å². The fourth-order valence-corrected chi connectivity index (χ4v) is 3.99. The number of benzene rings is 1. The molecule has 1 heterocycles. The number of nitrogens with one attached hydrogen (secondary N) is 1. The van der Waals surface area contributed by atoms with Gasteiger partial charge >= 0.3 is 5.97 Å². The maximum Gasteiger partial charge on any atom is 0.303 e. The fraction of sp³-hybridized carbons (Fsp3) is 0.450. The molecule has 0 aliphatic carbocycles. The third-order valence-corrected chi connectivity index (χ3v) is 5.29. The fourth-order valence-electron chi connectivity index (χ4n) is 2.87. The number of hydrogen-bond donors (Lipinski definition) is 3. The molecule has 0 saturated carbocycles. The average molecular weight is 397 g/mol. The molecular weight excluding hydrogens is 372 g/mol. The smallest absolute Gasteiger partial charge is 0.303 e. The minimum absolute atomic E-state index is 0.0517. The van der Waals surface area contributed by atoms with E-state index in [9.17, 15) is 18.7 Å². The summed E-state index contributed by atoms with van der Waals surface area (Å²) < 4.78 is 28.0. The Bertz CT molecular complexity index is 805. The van der Waals surface area contributed by atoms with Crippen molar-refractivity contribution in [2.75, 3.05) is 6.54 Å². The number of aliphatic hydroxyl groups excluding tert-OH is 1. The van der Waals surface area contributed by atoms with Crippen LogP contribution in [-0.4, -0.2) is 28.3 Å². The van der Waals surface area contributed by atoms with Crippen LogP contribution >= 0.6 is 11.3 Å². The highest BCUT2D eigenvalue weighted by molar-refractivity contribution is 7.11. The Hall–Kier alpha value is -1.83. The van der Waals surface area contributed by atoms with Gasteiger partial charge in [0.1, 0.15) is 0 Å². The number of thiophene rings is 1. The maximum atomic E-state index is 14.1. The zero-order chi connectivity index (χ0) is 20.2. The second-order valence-electron chi connectivity index (χ2n) is 7.34. The lowest BCUT2D eigenvalue weighted by Gasteiger charge is -2.27. The lowest BCUT2D eigenvalue weighted by molar-refractivity contribution is -0.136. The molecule has 0 fully saturated rings. The predicted molar refractivity (Wildman–Crippen MR) is 102 cm³/mol. The summed E-state index contributed by atoms with van der Waals surface area (Å²) >= 11 is 1.70. The molecule has 1 aromatic heterocycles.